The quantitative estimate of drug-likeness (QED) is 0.558. The van der Waals surface area contributed by atoms with Gasteiger partial charge < -0.3 is 0 Å². The van der Waals surface area contributed by atoms with Gasteiger partial charge in [-0.05, 0) is 45.6 Å². The molecule has 1 unspecified atom stereocenters. The van der Waals surface area contributed by atoms with E-state index in [0.29, 0.717) is 0 Å². The molecule has 0 amide bonds. The van der Waals surface area contributed by atoms with Gasteiger partial charge in [0, 0.05) is 12.1 Å². The van der Waals surface area contributed by atoms with Gasteiger partial charge in [0.05, 0.1) is 0 Å². The van der Waals surface area contributed by atoms with Gasteiger partial charge in [-0.25, -0.2) is 0 Å². The molecule has 2 fully saturated rings. The van der Waals surface area contributed by atoms with Crippen molar-refractivity contribution in [2.75, 3.05) is 6.54 Å². The first-order valence-electron chi connectivity index (χ1n) is 5.05. The van der Waals surface area contributed by atoms with Crippen molar-refractivity contribution in [3.8, 4) is 0 Å². The molecule has 1 saturated heterocycles. The van der Waals surface area contributed by atoms with Crippen molar-refractivity contribution < 1.29 is 0 Å². The predicted octanol–water partition coefficient (Wildman–Crippen LogP) is 2.27. The van der Waals surface area contributed by atoms with Crippen molar-refractivity contribution in [1.29, 1.82) is 0 Å². The van der Waals surface area contributed by atoms with Crippen LogP contribution < -0.4 is 0 Å². The Kier molecular flexibility index (Phi) is 1.92. The van der Waals surface area contributed by atoms with E-state index in [-0.39, 0.29) is 0 Å². The van der Waals surface area contributed by atoms with Gasteiger partial charge >= 0.3 is 0 Å². The molecule has 0 bridgehead atoms. The van der Waals surface area contributed by atoms with Crippen LogP contribution in [0.4, 0.5) is 0 Å². The van der Waals surface area contributed by atoms with E-state index in [9.17, 15) is 0 Å². The zero-order valence-corrected chi connectivity index (χ0v) is 7.71. The van der Waals surface area contributed by atoms with Crippen LogP contribution >= 0.6 is 0 Å². The SMILES string of the molecule is CC(C)N1CC[C@@H]2CCCC21. The molecule has 0 aromatic rings. The van der Waals surface area contributed by atoms with E-state index in [1.165, 1.54) is 32.2 Å². The van der Waals surface area contributed by atoms with Crippen LogP contribution in [-0.4, -0.2) is 23.5 Å². The molecule has 1 saturated carbocycles. The molecule has 1 heterocycles. The minimum atomic E-state index is 0.781. The second-order valence-electron chi connectivity index (χ2n) is 4.38. The number of nitrogens with zero attached hydrogens (tertiary/aromatic N) is 1. The number of likely N-dealkylation sites (tertiary alicyclic amines) is 1. The lowest BCUT2D eigenvalue weighted by Gasteiger charge is -2.27. The average molecular weight is 153 g/mol. The van der Waals surface area contributed by atoms with Crippen LogP contribution in [0.2, 0.25) is 0 Å². The van der Waals surface area contributed by atoms with Crippen LogP contribution in [-0.2, 0) is 0 Å². The molecule has 2 atom stereocenters. The molecule has 1 heteroatoms. The summed E-state index contributed by atoms with van der Waals surface area (Å²) in [6.07, 6.45) is 5.94. The Morgan fingerprint density at radius 2 is 2.00 bits per heavy atom. The maximum atomic E-state index is 2.71. The maximum absolute atomic E-state index is 2.71. The Bertz CT molecular complexity index is 142. The Balaban J connectivity index is 2.03. The van der Waals surface area contributed by atoms with Crippen LogP contribution in [0.5, 0.6) is 0 Å². The smallest absolute Gasteiger partial charge is 0.0127 e. The van der Waals surface area contributed by atoms with Crippen molar-refractivity contribution >= 4 is 0 Å². The molecule has 1 aliphatic carbocycles. The normalized spacial score (nSPS) is 38.5. The number of hydrogen-bond acceptors (Lipinski definition) is 1. The molecular weight excluding hydrogens is 134 g/mol. The van der Waals surface area contributed by atoms with Gasteiger partial charge in [-0.15, -0.1) is 0 Å². The molecule has 2 aliphatic rings. The Morgan fingerprint density at radius 1 is 1.18 bits per heavy atom. The standard InChI is InChI=1S/C10H19N/c1-8(2)11-7-6-9-4-3-5-10(9)11/h8-10H,3-7H2,1-2H3/t9-,10?/m0/s1. The van der Waals surface area contributed by atoms with Crippen LogP contribution in [0, 0.1) is 5.92 Å². The van der Waals surface area contributed by atoms with Gasteiger partial charge in [-0.1, -0.05) is 6.42 Å². The summed E-state index contributed by atoms with van der Waals surface area (Å²) in [5.41, 5.74) is 0. The Morgan fingerprint density at radius 3 is 2.73 bits per heavy atom. The zero-order valence-electron chi connectivity index (χ0n) is 7.71. The summed E-state index contributed by atoms with van der Waals surface area (Å²) in [6.45, 7) is 6.04. The predicted molar refractivity (Wildman–Crippen MR) is 47.6 cm³/mol. The first-order chi connectivity index (χ1) is 5.29. The van der Waals surface area contributed by atoms with Crippen LogP contribution in [0.15, 0.2) is 0 Å². The fourth-order valence-corrected chi connectivity index (χ4v) is 2.91. The molecule has 0 spiro atoms. The second kappa shape index (κ2) is 2.78. The topological polar surface area (TPSA) is 3.24 Å². The summed E-state index contributed by atoms with van der Waals surface area (Å²) in [5.74, 6) is 1.07. The van der Waals surface area contributed by atoms with Crippen molar-refractivity contribution in [3.05, 3.63) is 0 Å². The average Bonchev–Trinajstić information content (AvgIpc) is 2.41. The van der Waals surface area contributed by atoms with Crippen LogP contribution in [0.25, 0.3) is 0 Å². The zero-order chi connectivity index (χ0) is 7.84. The number of rotatable bonds is 1. The van der Waals surface area contributed by atoms with Gasteiger partial charge in [0.2, 0.25) is 0 Å². The van der Waals surface area contributed by atoms with E-state index in [0.717, 1.165) is 18.0 Å². The van der Waals surface area contributed by atoms with Crippen molar-refractivity contribution in [1.82, 2.24) is 4.90 Å². The molecule has 11 heavy (non-hydrogen) atoms. The molecular formula is C10H19N. The maximum Gasteiger partial charge on any atom is 0.0127 e. The largest absolute Gasteiger partial charge is 0.298 e. The first kappa shape index (κ1) is 7.60. The number of hydrogen-bond donors (Lipinski definition) is 0. The highest BCUT2D eigenvalue weighted by molar-refractivity contribution is 4.92. The summed E-state index contributed by atoms with van der Waals surface area (Å²) in [4.78, 5) is 2.71. The first-order valence-corrected chi connectivity index (χ1v) is 5.05. The van der Waals surface area contributed by atoms with E-state index < -0.39 is 0 Å². The van der Waals surface area contributed by atoms with Gasteiger partial charge in [0.25, 0.3) is 0 Å². The van der Waals surface area contributed by atoms with Crippen LogP contribution in [0.3, 0.4) is 0 Å². The monoisotopic (exact) mass is 153 g/mol. The van der Waals surface area contributed by atoms with Gasteiger partial charge in [0.1, 0.15) is 0 Å². The summed E-state index contributed by atoms with van der Waals surface area (Å²) in [5, 5.41) is 0. The molecule has 1 aliphatic heterocycles. The van der Waals surface area contributed by atoms with Crippen molar-refractivity contribution in [2.24, 2.45) is 5.92 Å². The molecule has 0 radical (unpaired) electrons. The van der Waals surface area contributed by atoms with E-state index in [1.54, 1.807) is 0 Å². The molecule has 0 N–H and O–H groups in total. The molecule has 2 rings (SSSR count). The molecule has 0 aromatic heterocycles. The Hall–Kier alpha value is -0.0400. The highest BCUT2D eigenvalue weighted by Crippen LogP contribution is 2.38. The second-order valence-corrected chi connectivity index (χ2v) is 4.38. The molecule has 0 aromatic carbocycles. The van der Waals surface area contributed by atoms with E-state index in [1.807, 2.05) is 0 Å². The fourth-order valence-electron chi connectivity index (χ4n) is 2.91. The van der Waals surface area contributed by atoms with E-state index in [4.69, 9.17) is 0 Å². The highest BCUT2D eigenvalue weighted by Gasteiger charge is 2.37. The lowest BCUT2D eigenvalue weighted by Crippen LogP contribution is -2.35. The fraction of sp³-hybridized carbons (Fsp3) is 1.00. The summed E-state index contributed by atoms with van der Waals surface area (Å²) < 4.78 is 0. The third kappa shape index (κ3) is 1.20. The van der Waals surface area contributed by atoms with Gasteiger partial charge in [-0.3, -0.25) is 4.90 Å². The lowest BCUT2D eigenvalue weighted by molar-refractivity contribution is 0.194. The number of fused-ring (bicyclic) bond motifs is 1. The summed E-state index contributed by atoms with van der Waals surface area (Å²) in [7, 11) is 0. The van der Waals surface area contributed by atoms with Crippen molar-refractivity contribution in [2.45, 2.75) is 51.6 Å². The van der Waals surface area contributed by atoms with Gasteiger partial charge in [-0.2, -0.15) is 0 Å². The summed E-state index contributed by atoms with van der Waals surface area (Å²) in [6, 6.07) is 1.75. The van der Waals surface area contributed by atoms with Gasteiger partial charge in [0.15, 0.2) is 0 Å². The van der Waals surface area contributed by atoms with Crippen LogP contribution in [0.1, 0.15) is 39.5 Å². The summed E-state index contributed by atoms with van der Waals surface area (Å²) >= 11 is 0. The minimum absolute atomic E-state index is 0.781. The molecule has 64 valence electrons. The lowest BCUT2D eigenvalue weighted by atomic mass is 10.0. The minimum Gasteiger partial charge on any atom is -0.298 e. The van der Waals surface area contributed by atoms with E-state index >= 15 is 0 Å². The highest BCUT2D eigenvalue weighted by atomic mass is 15.2. The third-order valence-corrected chi connectivity index (χ3v) is 3.47. The molecule has 1 nitrogen and oxygen atoms in total. The Labute approximate surface area is 69.8 Å². The van der Waals surface area contributed by atoms with E-state index in [2.05, 4.69) is 18.7 Å². The van der Waals surface area contributed by atoms with Crippen molar-refractivity contribution in [3.63, 3.8) is 0 Å². The third-order valence-electron chi connectivity index (χ3n) is 3.47.